The van der Waals surface area contributed by atoms with Gasteiger partial charge >= 0.3 is 0 Å². The molecule has 0 fully saturated rings. The summed E-state index contributed by atoms with van der Waals surface area (Å²) in [5, 5.41) is 19.1. The Labute approximate surface area is 144 Å². The molecule has 0 radical (unpaired) electrons. The molecule has 10 heteroatoms. The van der Waals surface area contributed by atoms with Gasteiger partial charge in [0.2, 0.25) is 5.96 Å². The maximum absolute atomic E-state index is 13.0. The second-order valence-electron chi connectivity index (χ2n) is 4.73. The number of hydrazone groups is 1. The summed E-state index contributed by atoms with van der Waals surface area (Å²) in [6.07, 6.45) is 1.07. The van der Waals surface area contributed by atoms with Crippen molar-refractivity contribution in [2.45, 2.75) is 11.8 Å². The van der Waals surface area contributed by atoms with Gasteiger partial charge < -0.3 is 5.73 Å². The Morgan fingerprint density at radius 3 is 2.28 bits per heavy atom. The Bertz CT molecular complexity index is 854. The van der Waals surface area contributed by atoms with E-state index in [2.05, 4.69) is 5.10 Å². The molecular weight excluding hydrogens is 351 g/mol. The summed E-state index contributed by atoms with van der Waals surface area (Å²) in [6, 6.07) is 11.9. The number of guanidine groups is 1. The number of halogens is 1. The highest BCUT2D eigenvalue weighted by molar-refractivity contribution is 7.85. The Morgan fingerprint density at radius 1 is 1.24 bits per heavy atom. The van der Waals surface area contributed by atoms with Crippen LogP contribution in [-0.2, 0) is 10.1 Å². The smallest absolute Gasteiger partial charge is 0.294 e. The molecule has 0 bridgehead atoms. The van der Waals surface area contributed by atoms with Gasteiger partial charge in [-0.1, -0.05) is 35.9 Å². The number of hydroxylamine groups is 1. The van der Waals surface area contributed by atoms with E-state index in [1.54, 1.807) is 18.2 Å². The van der Waals surface area contributed by atoms with Gasteiger partial charge in [-0.05, 0) is 25.1 Å². The second kappa shape index (κ2) is 8.87. The molecule has 0 aliphatic rings. The van der Waals surface area contributed by atoms with Crippen LogP contribution in [0.15, 0.2) is 58.5 Å². The van der Waals surface area contributed by atoms with Crippen LogP contribution in [0.25, 0.3) is 0 Å². The first-order valence-corrected chi connectivity index (χ1v) is 8.21. The molecule has 0 aliphatic heterocycles. The molecule has 8 nitrogen and oxygen atoms in total. The average molecular weight is 368 g/mol. The fourth-order valence-electron chi connectivity index (χ4n) is 1.47. The van der Waals surface area contributed by atoms with Crippen LogP contribution in [0, 0.1) is 18.2 Å². The Morgan fingerprint density at radius 2 is 1.80 bits per heavy atom. The maximum atomic E-state index is 13.0. The van der Waals surface area contributed by atoms with E-state index >= 15 is 0 Å². The first-order chi connectivity index (χ1) is 11.6. The van der Waals surface area contributed by atoms with E-state index in [1.165, 1.54) is 30.3 Å². The third-order valence-electron chi connectivity index (χ3n) is 2.75. The summed E-state index contributed by atoms with van der Waals surface area (Å²) in [4.78, 5) is -0.0666. The number of hydrogen-bond donors (Lipinski definition) is 4. The molecule has 0 unspecified atom stereocenters. The first kappa shape index (κ1) is 20.2. The predicted molar refractivity (Wildman–Crippen MR) is 90.5 cm³/mol. The van der Waals surface area contributed by atoms with Crippen molar-refractivity contribution in [3.8, 4) is 0 Å². The zero-order valence-corrected chi connectivity index (χ0v) is 14.0. The molecule has 0 saturated heterocycles. The van der Waals surface area contributed by atoms with Crippen molar-refractivity contribution in [1.29, 1.82) is 5.41 Å². The minimum Gasteiger partial charge on any atom is -0.367 e. The van der Waals surface area contributed by atoms with Crippen molar-refractivity contribution in [3.05, 3.63) is 65.5 Å². The van der Waals surface area contributed by atoms with E-state index in [4.69, 9.17) is 20.9 Å². The monoisotopic (exact) mass is 368 g/mol. The fraction of sp³-hybridized carbons (Fsp3) is 0.0667. The molecule has 0 spiro atoms. The molecule has 0 atom stereocenters. The van der Waals surface area contributed by atoms with E-state index in [1.807, 2.05) is 6.92 Å². The standard InChI is InChI=1S/C8H9FN4O.C7H8O3S/c9-7-4-2-1-3-6(7)5-12-13(14)8(10)11;1-6-2-4-7(5-3-6)11(8,9)10/h1-5,14H,(H3,10,11);2-5H,1H3,(H,8,9,10). The van der Waals surface area contributed by atoms with Gasteiger partial charge in [0.05, 0.1) is 11.1 Å². The van der Waals surface area contributed by atoms with Gasteiger partial charge in [0, 0.05) is 5.56 Å². The SMILES string of the molecule is Cc1ccc(S(=O)(=O)O)cc1.N=C(N)N(O)N=Cc1ccccc1F. The van der Waals surface area contributed by atoms with Gasteiger partial charge in [-0.25, -0.2) is 4.39 Å². The minimum atomic E-state index is -4.02. The molecule has 25 heavy (non-hydrogen) atoms. The number of nitrogens with one attached hydrogen (secondary N) is 1. The molecule has 2 aromatic rings. The number of nitrogens with zero attached hydrogens (tertiary/aromatic N) is 2. The van der Waals surface area contributed by atoms with Crippen LogP contribution in [0.2, 0.25) is 0 Å². The minimum absolute atomic E-state index is 0.0666. The van der Waals surface area contributed by atoms with Crippen LogP contribution in [0.1, 0.15) is 11.1 Å². The number of rotatable bonds is 3. The summed E-state index contributed by atoms with van der Waals surface area (Å²) < 4.78 is 42.5. The van der Waals surface area contributed by atoms with Crippen LogP contribution < -0.4 is 5.73 Å². The van der Waals surface area contributed by atoms with E-state index in [9.17, 15) is 12.8 Å². The van der Waals surface area contributed by atoms with Gasteiger partial charge in [-0.15, -0.1) is 5.17 Å². The molecule has 2 rings (SSSR count). The van der Waals surface area contributed by atoms with Gasteiger partial charge in [-0.3, -0.25) is 15.2 Å². The Hall–Kier alpha value is -2.82. The summed E-state index contributed by atoms with van der Waals surface area (Å²) in [7, 11) is -4.02. The third-order valence-corrected chi connectivity index (χ3v) is 3.61. The third kappa shape index (κ3) is 7.08. The van der Waals surface area contributed by atoms with Crippen molar-refractivity contribution in [2.75, 3.05) is 0 Å². The number of aryl methyl sites for hydroxylation is 1. The largest absolute Gasteiger partial charge is 0.367 e. The van der Waals surface area contributed by atoms with Gasteiger partial charge in [0.15, 0.2) is 0 Å². The van der Waals surface area contributed by atoms with E-state index in [0.29, 0.717) is 0 Å². The maximum Gasteiger partial charge on any atom is 0.294 e. The lowest BCUT2D eigenvalue weighted by molar-refractivity contribution is -0.0139. The zero-order valence-electron chi connectivity index (χ0n) is 13.2. The van der Waals surface area contributed by atoms with Gasteiger partial charge in [-0.2, -0.15) is 13.5 Å². The summed E-state index contributed by atoms with van der Waals surface area (Å²) in [5.41, 5.74) is 6.05. The van der Waals surface area contributed by atoms with Crippen LogP contribution in [0.3, 0.4) is 0 Å². The highest BCUT2D eigenvalue weighted by Gasteiger charge is 2.06. The lowest BCUT2D eigenvalue weighted by atomic mass is 10.2. The summed E-state index contributed by atoms with van der Waals surface area (Å²) in [5.74, 6) is -1.11. The number of benzene rings is 2. The van der Waals surface area contributed by atoms with Crippen LogP contribution >= 0.6 is 0 Å². The molecule has 134 valence electrons. The molecular formula is C15H17FN4O4S. The molecule has 0 amide bonds. The number of hydrogen-bond acceptors (Lipinski definition) is 5. The normalized spacial score (nSPS) is 10.9. The van der Waals surface area contributed by atoms with Gasteiger partial charge in [0.1, 0.15) is 5.82 Å². The van der Waals surface area contributed by atoms with E-state index in [-0.39, 0.29) is 15.6 Å². The van der Waals surface area contributed by atoms with Crippen LogP contribution in [0.4, 0.5) is 4.39 Å². The van der Waals surface area contributed by atoms with Crippen molar-refractivity contribution in [2.24, 2.45) is 10.8 Å². The number of nitrogens with two attached hydrogens (primary N) is 1. The van der Waals surface area contributed by atoms with Crippen LogP contribution in [-0.4, -0.2) is 35.5 Å². The fourth-order valence-corrected chi connectivity index (χ4v) is 1.95. The molecule has 0 aromatic heterocycles. The second-order valence-corrected chi connectivity index (χ2v) is 6.15. The van der Waals surface area contributed by atoms with E-state index < -0.39 is 21.9 Å². The lowest BCUT2D eigenvalue weighted by Crippen LogP contribution is -2.28. The Kier molecular flexibility index (Phi) is 7.18. The van der Waals surface area contributed by atoms with Crippen molar-refractivity contribution < 1.29 is 22.6 Å². The predicted octanol–water partition coefficient (Wildman–Crippen LogP) is 1.99. The molecule has 2 aromatic carbocycles. The van der Waals surface area contributed by atoms with Crippen LogP contribution in [0.5, 0.6) is 0 Å². The highest BCUT2D eigenvalue weighted by atomic mass is 32.2. The van der Waals surface area contributed by atoms with Gasteiger partial charge in [0.25, 0.3) is 10.1 Å². The molecule has 5 N–H and O–H groups in total. The van der Waals surface area contributed by atoms with Crippen molar-refractivity contribution in [1.82, 2.24) is 5.17 Å². The lowest BCUT2D eigenvalue weighted by Gasteiger charge is -2.05. The molecule has 0 heterocycles. The van der Waals surface area contributed by atoms with Crippen molar-refractivity contribution in [3.63, 3.8) is 0 Å². The summed E-state index contributed by atoms with van der Waals surface area (Å²) in [6.45, 7) is 1.84. The Balaban J connectivity index is 0.000000257. The van der Waals surface area contributed by atoms with E-state index in [0.717, 1.165) is 11.8 Å². The van der Waals surface area contributed by atoms with Crippen molar-refractivity contribution >= 4 is 22.3 Å². The topological polar surface area (TPSA) is 140 Å². The zero-order chi connectivity index (χ0) is 19.0. The highest BCUT2D eigenvalue weighted by Crippen LogP contribution is 2.08. The quantitative estimate of drug-likeness (QED) is 0.283. The average Bonchev–Trinajstić information content (AvgIpc) is 2.54. The summed E-state index contributed by atoms with van der Waals surface area (Å²) >= 11 is 0. The molecule has 0 aliphatic carbocycles. The first-order valence-electron chi connectivity index (χ1n) is 6.77. The molecule has 0 saturated carbocycles.